The van der Waals surface area contributed by atoms with Gasteiger partial charge in [-0.3, -0.25) is 30.4 Å². The highest BCUT2D eigenvalue weighted by atomic mass is 35.5. The summed E-state index contributed by atoms with van der Waals surface area (Å²) in [5.74, 6) is -1.91. The van der Waals surface area contributed by atoms with Crippen molar-refractivity contribution in [1.82, 2.24) is 20.8 Å². The Kier molecular flexibility index (Phi) is 5.58. The number of hydrazine groups is 1. The number of aromatic nitrogens is 2. The number of ether oxygens (including phenoxy) is 1. The Morgan fingerprint density at radius 3 is 2.30 bits per heavy atom. The molecule has 0 saturated carbocycles. The Hall–Kier alpha value is -3.52. The summed E-state index contributed by atoms with van der Waals surface area (Å²) in [5.41, 5.74) is 6.10. The number of nitrogens with one attached hydrogen (secondary N) is 2. The van der Waals surface area contributed by atoms with E-state index in [1.807, 2.05) is 0 Å². The molecule has 2 aromatic carbocycles. The Morgan fingerprint density at radius 1 is 0.889 bits per heavy atom. The number of hydrogen-bond acceptors (Lipinski definition) is 6. The monoisotopic (exact) mass is 384 g/mol. The highest BCUT2D eigenvalue weighted by Crippen LogP contribution is 2.12. The first-order valence-corrected chi connectivity index (χ1v) is 8.13. The van der Waals surface area contributed by atoms with Crippen molar-refractivity contribution in [2.45, 2.75) is 0 Å². The molecule has 27 heavy (non-hydrogen) atoms. The molecule has 0 unspecified atom stereocenters. The molecular formula is C18H13ClN4O4. The predicted molar refractivity (Wildman–Crippen MR) is 96.9 cm³/mol. The first-order chi connectivity index (χ1) is 13.0. The predicted octanol–water partition coefficient (Wildman–Crippen LogP) is 1.90. The van der Waals surface area contributed by atoms with Crippen molar-refractivity contribution in [2.75, 3.05) is 6.61 Å². The molecule has 1 heterocycles. The largest absolute Gasteiger partial charge is 0.452 e. The van der Waals surface area contributed by atoms with E-state index in [9.17, 15) is 14.4 Å². The molecular weight excluding hydrogens is 372 g/mol. The average molecular weight is 385 g/mol. The molecule has 0 aliphatic rings. The number of halogens is 1. The van der Waals surface area contributed by atoms with E-state index in [0.29, 0.717) is 21.6 Å². The third-order valence-corrected chi connectivity index (χ3v) is 3.71. The quantitative estimate of drug-likeness (QED) is 0.525. The van der Waals surface area contributed by atoms with Crippen LogP contribution in [0.3, 0.4) is 0 Å². The summed E-state index contributed by atoms with van der Waals surface area (Å²) in [6.07, 6.45) is 3.05. The van der Waals surface area contributed by atoms with Crippen LogP contribution in [0.1, 0.15) is 20.7 Å². The van der Waals surface area contributed by atoms with Crippen molar-refractivity contribution in [2.24, 2.45) is 0 Å². The number of amides is 2. The Bertz CT molecular complexity index is 1010. The summed E-state index contributed by atoms with van der Waals surface area (Å²) in [4.78, 5) is 43.8. The number of carbonyl (C=O) groups excluding carboxylic acids is 3. The van der Waals surface area contributed by atoms with E-state index in [0.717, 1.165) is 0 Å². The maximum absolute atomic E-state index is 12.0. The molecule has 0 aliphatic carbocycles. The first kappa shape index (κ1) is 18.3. The average Bonchev–Trinajstić information content (AvgIpc) is 2.70. The Labute approximate surface area is 158 Å². The van der Waals surface area contributed by atoms with E-state index in [4.69, 9.17) is 16.3 Å². The van der Waals surface area contributed by atoms with Gasteiger partial charge in [0, 0.05) is 23.0 Å². The number of fused-ring (bicyclic) bond motifs is 1. The molecule has 0 fully saturated rings. The lowest BCUT2D eigenvalue weighted by atomic mass is 10.2. The van der Waals surface area contributed by atoms with Gasteiger partial charge < -0.3 is 4.74 Å². The molecule has 1 aromatic heterocycles. The van der Waals surface area contributed by atoms with Gasteiger partial charge in [0.2, 0.25) is 0 Å². The molecule has 0 bridgehead atoms. The minimum absolute atomic E-state index is 0.237. The minimum Gasteiger partial charge on any atom is -0.452 e. The fourth-order valence-corrected chi connectivity index (χ4v) is 2.27. The Balaban J connectivity index is 1.49. The molecule has 2 amide bonds. The number of esters is 1. The molecule has 0 spiro atoms. The van der Waals surface area contributed by atoms with E-state index in [2.05, 4.69) is 20.8 Å². The molecule has 0 aliphatic heterocycles. The standard InChI is InChI=1S/C18H13ClN4O4/c19-13-4-1-11(2-5-13)17(25)23-22-16(24)10-27-18(26)12-3-6-14-15(9-12)21-8-7-20-14/h1-9H,10H2,(H,22,24)(H,23,25). The summed E-state index contributed by atoms with van der Waals surface area (Å²) in [6, 6.07) is 10.8. The molecule has 9 heteroatoms. The first-order valence-electron chi connectivity index (χ1n) is 7.75. The maximum atomic E-state index is 12.0. The van der Waals surface area contributed by atoms with Crippen LogP contribution < -0.4 is 10.9 Å². The normalized spacial score (nSPS) is 10.3. The van der Waals surface area contributed by atoms with E-state index in [1.54, 1.807) is 24.4 Å². The van der Waals surface area contributed by atoms with Gasteiger partial charge >= 0.3 is 5.97 Å². The minimum atomic E-state index is -0.693. The van der Waals surface area contributed by atoms with Crippen molar-refractivity contribution in [1.29, 1.82) is 0 Å². The fraction of sp³-hybridized carbons (Fsp3) is 0.0556. The van der Waals surface area contributed by atoms with Gasteiger partial charge in [-0.15, -0.1) is 0 Å². The van der Waals surface area contributed by atoms with Crippen LogP contribution >= 0.6 is 11.6 Å². The van der Waals surface area contributed by atoms with Gasteiger partial charge in [0.25, 0.3) is 11.8 Å². The third-order valence-electron chi connectivity index (χ3n) is 3.46. The van der Waals surface area contributed by atoms with E-state index < -0.39 is 24.4 Å². The summed E-state index contributed by atoms with van der Waals surface area (Å²) in [6.45, 7) is -0.557. The van der Waals surface area contributed by atoms with Crippen molar-refractivity contribution >= 4 is 40.4 Å². The van der Waals surface area contributed by atoms with Gasteiger partial charge in [0.1, 0.15) is 0 Å². The van der Waals surface area contributed by atoms with Gasteiger partial charge in [-0.25, -0.2) is 4.79 Å². The fourth-order valence-electron chi connectivity index (χ4n) is 2.14. The van der Waals surface area contributed by atoms with Crippen molar-refractivity contribution < 1.29 is 19.1 Å². The molecule has 136 valence electrons. The maximum Gasteiger partial charge on any atom is 0.338 e. The molecule has 0 atom stereocenters. The van der Waals surface area contributed by atoms with Crippen LogP contribution in [0.25, 0.3) is 11.0 Å². The number of rotatable bonds is 4. The van der Waals surface area contributed by atoms with Crippen molar-refractivity contribution in [3.8, 4) is 0 Å². The molecule has 2 N–H and O–H groups in total. The molecule has 8 nitrogen and oxygen atoms in total. The number of carbonyl (C=O) groups is 3. The smallest absolute Gasteiger partial charge is 0.338 e. The third kappa shape index (κ3) is 4.77. The topological polar surface area (TPSA) is 110 Å². The molecule has 3 aromatic rings. The zero-order valence-electron chi connectivity index (χ0n) is 13.8. The van der Waals surface area contributed by atoms with Gasteiger partial charge in [-0.2, -0.15) is 0 Å². The lowest BCUT2D eigenvalue weighted by Gasteiger charge is -2.08. The summed E-state index contributed by atoms with van der Waals surface area (Å²) >= 11 is 5.74. The lowest BCUT2D eigenvalue weighted by Crippen LogP contribution is -2.43. The lowest BCUT2D eigenvalue weighted by molar-refractivity contribution is -0.125. The van der Waals surface area contributed by atoms with Crippen LogP contribution in [0.4, 0.5) is 0 Å². The molecule has 0 saturated heterocycles. The van der Waals surface area contributed by atoms with Crippen molar-refractivity contribution in [3.05, 3.63) is 71.0 Å². The summed E-state index contributed by atoms with van der Waals surface area (Å²) in [7, 11) is 0. The second-order valence-corrected chi connectivity index (χ2v) is 5.78. The van der Waals surface area contributed by atoms with Crippen LogP contribution in [0.15, 0.2) is 54.9 Å². The van der Waals surface area contributed by atoms with E-state index >= 15 is 0 Å². The van der Waals surface area contributed by atoms with Gasteiger partial charge in [0.05, 0.1) is 16.6 Å². The van der Waals surface area contributed by atoms with Crippen LogP contribution in [0.2, 0.25) is 5.02 Å². The van der Waals surface area contributed by atoms with E-state index in [1.165, 1.54) is 30.5 Å². The highest BCUT2D eigenvalue weighted by Gasteiger charge is 2.12. The van der Waals surface area contributed by atoms with Crippen LogP contribution in [0, 0.1) is 0 Å². The van der Waals surface area contributed by atoms with Gasteiger partial charge in [-0.1, -0.05) is 11.6 Å². The van der Waals surface area contributed by atoms with Gasteiger partial charge in [-0.05, 0) is 42.5 Å². The van der Waals surface area contributed by atoms with Crippen molar-refractivity contribution in [3.63, 3.8) is 0 Å². The van der Waals surface area contributed by atoms with Crippen LogP contribution in [0.5, 0.6) is 0 Å². The zero-order chi connectivity index (χ0) is 19.2. The molecule has 3 rings (SSSR count). The van der Waals surface area contributed by atoms with Crippen LogP contribution in [-0.2, 0) is 9.53 Å². The van der Waals surface area contributed by atoms with Crippen LogP contribution in [-0.4, -0.2) is 34.4 Å². The SMILES string of the molecule is O=C(COC(=O)c1ccc2nccnc2c1)NNC(=O)c1ccc(Cl)cc1. The summed E-state index contributed by atoms with van der Waals surface area (Å²) < 4.78 is 4.92. The number of benzene rings is 2. The molecule has 0 radical (unpaired) electrons. The second kappa shape index (κ2) is 8.24. The number of nitrogens with zero attached hydrogens (tertiary/aromatic N) is 2. The van der Waals surface area contributed by atoms with Gasteiger partial charge in [0.15, 0.2) is 6.61 Å². The Morgan fingerprint density at radius 2 is 1.56 bits per heavy atom. The number of hydrogen-bond donors (Lipinski definition) is 2. The highest BCUT2D eigenvalue weighted by molar-refractivity contribution is 6.30. The second-order valence-electron chi connectivity index (χ2n) is 5.35. The zero-order valence-corrected chi connectivity index (χ0v) is 14.6. The van der Waals surface area contributed by atoms with E-state index in [-0.39, 0.29) is 5.56 Å². The summed E-state index contributed by atoms with van der Waals surface area (Å²) in [5, 5.41) is 0.488.